The molecule has 4 heteroatoms. The lowest BCUT2D eigenvalue weighted by Crippen LogP contribution is -2.33. The van der Waals surface area contributed by atoms with Crippen molar-refractivity contribution in [3.63, 3.8) is 0 Å². The third kappa shape index (κ3) is 2.21. The molecule has 1 aromatic heterocycles. The number of aromatic nitrogens is 2. The molecule has 2 heterocycles. The maximum absolute atomic E-state index is 11.9. The highest BCUT2D eigenvalue weighted by molar-refractivity contribution is 5.11. The summed E-state index contributed by atoms with van der Waals surface area (Å²) in [6.45, 7) is 8.35. The van der Waals surface area contributed by atoms with E-state index in [0.717, 1.165) is 31.6 Å². The maximum atomic E-state index is 11.9. The molecule has 0 amide bonds. The number of rotatable bonds is 1. The van der Waals surface area contributed by atoms with Crippen LogP contribution in [0.5, 0.6) is 0 Å². The second kappa shape index (κ2) is 4.09. The molecule has 0 atom stereocenters. The summed E-state index contributed by atoms with van der Waals surface area (Å²) in [5.74, 6) is 0. The van der Waals surface area contributed by atoms with Gasteiger partial charge in [0.05, 0.1) is 6.04 Å². The van der Waals surface area contributed by atoms with Gasteiger partial charge in [-0.25, -0.2) is 4.68 Å². The average molecular weight is 223 g/mol. The van der Waals surface area contributed by atoms with Crippen LogP contribution in [-0.2, 0) is 5.41 Å². The normalized spacial score (nSPS) is 18.9. The van der Waals surface area contributed by atoms with Crippen molar-refractivity contribution in [2.24, 2.45) is 0 Å². The van der Waals surface area contributed by atoms with Gasteiger partial charge in [0.25, 0.3) is 5.56 Å². The summed E-state index contributed by atoms with van der Waals surface area (Å²) >= 11 is 0. The van der Waals surface area contributed by atoms with Gasteiger partial charge in [0.1, 0.15) is 0 Å². The zero-order chi connectivity index (χ0) is 11.8. The highest BCUT2D eigenvalue weighted by Gasteiger charge is 2.22. The second-order valence-corrected chi connectivity index (χ2v) is 5.61. The molecule has 1 aromatic rings. The van der Waals surface area contributed by atoms with E-state index in [0.29, 0.717) is 6.04 Å². The quantitative estimate of drug-likeness (QED) is 0.756. The summed E-state index contributed by atoms with van der Waals surface area (Å²) < 4.78 is 1.81. The van der Waals surface area contributed by atoms with Crippen LogP contribution in [0.15, 0.2) is 10.9 Å². The largest absolute Gasteiger partial charge is 0.317 e. The Hall–Kier alpha value is -1.03. The Morgan fingerprint density at radius 1 is 1.31 bits per heavy atom. The summed E-state index contributed by atoms with van der Waals surface area (Å²) in [5, 5.41) is 6.58. The van der Waals surface area contributed by atoms with E-state index in [4.69, 9.17) is 0 Å². The van der Waals surface area contributed by atoms with Gasteiger partial charge in [-0.2, -0.15) is 0 Å². The minimum atomic E-state index is 0.0112. The standard InChI is InChI=1S/C12H21N3O/c1-12(2,3)10-8-11(16)15(14-10)9-4-6-13-7-5-9/h8-9,13-14H,4-7H2,1-3H3. The van der Waals surface area contributed by atoms with Gasteiger partial charge >= 0.3 is 0 Å². The molecule has 1 saturated heterocycles. The van der Waals surface area contributed by atoms with Gasteiger partial charge < -0.3 is 5.32 Å². The molecule has 2 N–H and O–H groups in total. The molecule has 0 bridgehead atoms. The van der Waals surface area contributed by atoms with Gasteiger partial charge in [-0.15, -0.1) is 0 Å². The number of H-pyrrole nitrogens is 1. The molecule has 0 saturated carbocycles. The van der Waals surface area contributed by atoms with Crippen LogP contribution in [-0.4, -0.2) is 22.9 Å². The number of nitrogens with one attached hydrogen (secondary N) is 2. The van der Waals surface area contributed by atoms with Crippen LogP contribution in [0.4, 0.5) is 0 Å². The zero-order valence-electron chi connectivity index (χ0n) is 10.3. The van der Waals surface area contributed by atoms with Gasteiger partial charge in [-0.1, -0.05) is 20.8 Å². The SMILES string of the molecule is CC(C)(C)c1cc(=O)n(C2CCNCC2)[nH]1. The van der Waals surface area contributed by atoms with E-state index in [1.165, 1.54) is 0 Å². The topological polar surface area (TPSA) is 49.8 Å². The van der Waals surface area contributed by atoms with Gasteiger partial charge in [0, 0.05) is 17.2 Å². The Kier molecular flexibility index (Phi) is 2.93. The fraction of sp³-hybridized carbons (Fsp3) is 0.750. The summed E-state index contributed by atoms with van der Waals surface area (Å²) in [6, 6.07) is 2.08. The van der Waals surface area contributed by atoms with E-state index in [1.54, 1.807) is 10.7 Å². The van der Waals surface area contributed by atoms with Crippen LogP contribution in [0, 0.1) is 0 Å². The molecular formula is C12H21N3O. The molecular weight excluding hydrogens is 202 g/mol. The Bertz CT molecular complexity index is 405. The van der Waals surface area contributed by atoms with E-state index in [9.17, 15) is 4.79 Å². The number of aromatic amines is 1. The Balaban J connectivity index is 2.28. The third-order valence-electron chi connectivity index (χ3n) is 3.23. The van der Waals surface area contributed by atoms with Crippen molar-refractivity contribution in [2.45, 2.75) is 45.1 Å². The maximum Gasteiger partial charge on any atom is 0.266 e. The van der Waals surface area contributed by atoms with Gasteiger partial charge in [-0.3, -0.25) is 9.89 Å². The van der Waals surface area contributed by atoms with Crippen molar-refractivity contribution in [1.82, 2.24) is 15.1 Å². The molecule has 0 spiro atoms. The molecule has 1 aliphatic heterocycles. The Morgan fingerprint density at radius 3 is 2.44 bits per heavy atom. The molecule has 2 rings (SSSR count). The first-order chi connectivity index (χ1) is 7.48. The molecule has 1 fully saturated rings. The van der Waals surface area contributed by atoms with Crippen molar-refractivity contribution >= 4 is 0 Å². The summed E-state index contributed by atoms with van der Waals surface area (Å²) in [5.41, 5.74) is 1.14. The van der Waals surface area contributed by atoms with Gasteiger partial charge in [0.2, 0.25) is 0 Å². The van der Waals surface area contributed by atoms with E-state index in [2.05, 4.69) is 31.2 Å². The molecule has 1 aliphatic rings. The van der Waals surface area contributed by atoms with Crippen LogP contribution in [0.2, 0.25) is 0 Å². The number of hydrogen-bond donors (Lipinski definition) is 2. The van der Waals surface area contributed by atoms with Crippen molar-refractivity contribution in [3.8, 4) is 0 Å². The van der Waals surface area contributed by atoms with E-state index in [-0.39, 0.29) is 11.0 Å². The fourth-order valence-electron chi connectivity index (χ4n) is 2.13. The van der Waals surface area contributed by atoms with Crippen molar-refractivity contribution < 1.29 is 0 Å². The molecule has 16 heavy (non-hydrogen) atoms. The monoisotopic (exact) mass is 223 g/mol. The molecule has 90 valence electrons. The summed E-state index contributed by atoms with van der Waals surface area (Å²) in [7, 11) is 0. The minimum Gasteiger partial charge on any atom is -0.317 e. The highest BCUT2D eigenvalue weighted by Crippen LogP contribution is 2.21. The Labute approximate surface area is 96.0 Å². The van der Waals surface area contributed by atoms with Crippen LogP contribution in [0.3, 0.4) is 0 Å². The summed E-state index contributed by atoms with van der Waals surface area (Å²) in [6.07, 6.45) is 2.06. The van der Waals surface area contributed by atoms with Crippen LogP contribution in [0.25, 0.3) is 0 Å². The van der Waals surface area contributed by atoms with Crippen LogP contribution in [0.1, 0.15) is 45.3 Å². The minimum absolute atomic E-state index is 0.0112. The predicted octanol–water partition coefficient (Wildman–Crippen LogP) is 1.40. The number of piperidine rings is 1. The van der Waals surface area contributed by atoms with E-state index < -0.39 is 0 Å². The lowest BCUT2D eigenvalue weighted by Gasteiger charge is -2.23. The average Bonchev–Trinajstić information content (AvgIpc) is 2.61. The third-order valence-corrected chi connectivity index (χ3v) is 3.23. The first kappa shape index (κ1) is 11.5. The first-order valence-electron chi connectivity index (χ1n) is 6.01. The van der Waals surface area contributed by atoms with Crippen molar-refractivity contribution in [2.75, 3.05) is 13.1 Å². The molecule has 0 aliphatic carbocycles. The van der Waals surface area contributed by atoms with Crippen LogP contribution >= 0.6 is 0 Å². The number of nitrogens with zero attached hydrogens (tertiary/aromatic N) is 1. The van der Waals surface area contributed by atoms with E-state index in [1.807, 2.05) is 0 Å². The fourth-order valence-corrected chi connectivity index (χ4v) is 2.13. The Morgan fingerprint density at radius 2 is 1.94 bits per heavy atom. The zero-order valence-corrected chi connectivity index (χ0v) is 10.3. The van der Waals surface area contributed by atoms with Crippen molar-refractivity contribution in [1.29, 1.82) is 0 Å². The molecule has 0 unspecified atom stereocenters. The summed E-state index contributed by atoms with van der Waals surface area (Å²) in [4.78, 5) is 11.9. The van der Waals surface area contributed by atoms with Crippen LogP contribution < -0.4 is 10.9 Å². The second-order valence-electron chi connectivity index (χ2n) is 5.61. The number of hydrogen-bond acceptors (Lipinski definition) is 2. The molecule has 0 aromatic carbocycles. The van der Waals surface area contributed by atoms with E-state index >= 15 is 0 Å². The van der Waals surface area contributed by atoms with Crippen molar-refractivity contribution in [3.05, 3.63) is 22.1 Å². The first-order valence-corrected chi connectivity index (χ1v) is 6.01. The lowest BCUT2D eigenvalue weighted by molar-refractivity contribution is 0.332. The molecule has 4 nitrogen and oxygen atoms in total. The molecule has 0 radical (unpaired) electrons. The lowest BCUT2D eigenvalue weighted by atomic mass is 9.93. The smallest absolute Gasteiger partial charge is 0.266 e. The highest BCUT2D eigenvalue weighted by atomic mass is 16.1. The predicted molar refractivity (Wildman–Crippen MR) is 64.9 cm³/mol. The van der Waals surface area contributed by atoms with Gasteiger partial charge in [0.15, 0.2) is 0 Å². The van der Waals surface area contributed by atoms with Gasteiger partial charge in [-0.05, 0) is 25.9 Å².